The Balaban J connectivity index is 1.67. The molecule has 1 fully saturated rings. The fourth-order valence-electron chi connectivity index (χ4n) is 3.87. The molecule has 6 N–H and O–H groups in total. The van der Waals surface area contributed by atoms with E-state index in [0.29, 0.717) is 11.6 Å². The summed E-state index contributed by atoms with van der Waals surface area (Å²) >= 11 is 0. The molecule has 3 aromatic rings. The number of nitrogens with zero attached hydrogens (tertiary/aromatic N) is 3. The van der Waals surface area contributed by atoms with Gasteiger partial charge in [-0.2, -0.15) is 5.10 Å². The van der Waals surface area contributed by atoms with Gasteiger partial charge in [-0.1, -0.05) is 6.92 Å². The highest BCUT2D eigenvalue weighted by Gasteiger charge is 2.35. The Morgan fingerprint density at radius 1 is 1.29 bits per heavy atom. The molecule has 0 bridgehead atoms. The zero-order valence-electron chi connectivity index (χ0n) is 17.7. The molecule has 2 heterocycles. The Morgan fingerprint density at radius 2 is 2.06 bits per heavy atom. The predicted octanol–water partition coefficient (Wildman–Crippen LogP) is 3.36. The van der Waals surface area contributed by atoms with Crippen molar-refractivity contribution in [3.05, 3.63) is 41.8 Å². The van der Waals surface area contributed by atoms with Gasteiger partial charge in [0.15, 0.2) is 11.6 Å². The Morgan fingerprint density at radius 3 is 2.71 bits per heavy atom. The van der Waals surface area contributed by atoms with Crippen LogP contribution in [0.3, 0.4) is 0 Å². The SMILES string of the molecule is CC[C@H](N)[C@H](Nc1nc(Nc2ccc3c(cnn3CC)c2)c(C(N)=O)cc1F)C1CC1. The normalized spacial score (nSPS) is 15.6. The van der Waals surface area contributed by atoms with E-state index < -0.39 is 11.7 Å². The molecule has 8 nitrogen and oxygen atoms in total. The number of hydrogen-bond acceptors (Lipinski definition) is 6. The summed E-state index contributed by atoms with van der Waals surface area (Å²) < 4.78 is 16.7. The summed E-state index contributed by atoms with van der Waals surface area (Å²) in [4.78, 5) is 16.3. The van der Waals surface area contributed by atoms with Crippen LogP contribution in [0.4, 0.5) is 21.7 Å². The Bertz CT molecular complexity index is 1110. The number of anilines is 3. The van der Waals surface area contributed by atoms with Crippen LogP contribution in [0.5, 0.6) is 0 Å². The summed E-state index contributed by atoms with van der Waals surface area (Å²) in [5.41, 5.74) is 13.4. The third-order valence-electron chi connectivity index (χ3n) is 5.81. The molecule has 1 amide bonds. The van der Waals surface area contributed by atoms with Crippen LogP contribution in [0.25, 0.3) is 10.9 Å². The van der Waals surface area contributed by atoms with E-state index in [0.717, 1.165) is 42.8 Å². The summed E-state index contributed by atoms with van der Waals surface area (Å²) in [6, 6.07) is 6.63. The van der Waals surface area contributed by atoms with E-state index in [1.165, 1.54) is 0 Å². The van der Waals surface area contributed by atoms with E-state index in [1.807, 2.05) is 36.7 Å². The molecule has 1 aliphatic rings. The number of nitrogens with two attached hydrogens (primary N) is 2. The Hall–Kier alpha value is -3.20. The number of aromatic nitrogens is 3. The average molecular weight is 426 g/mol. The molecule has 0 unspecified atom stereocenters. The molecule has 31 heavy (non-hydrogen) atoms. The largest absolute Gasteiger partial charge is 0.365 e. The third kappa shape index (κ3) is 4.32. The Labute approximate surface area is 180 Å². The monoisotopic (exact) mass is 425 g/mol. The van der Waals surface area contributed by atoms with Crippen molar-refractivity contribution >= 4 is 34.1 Å². The van der Waals surface area contributed by atoms with Gasteiger partial charge in [-0.05, 0) is 56.4 Å². The Kier molecular flexibility index (Phi) is 5.77. The zero-order valence-corrected chi connectivity index (χ0v) is 17.7. The average Bonchev–Trinajstić information content (AvgIpc) is 3.52. The second-order valence-electron chi connectivity index (χ2n) is 8.02. The number of carbonyl (C=O) groups is 1. The van der Waals surface area contributed by atoms with E-state index >= 15 is 0 Å². The van der Waals surface area contributed by atoms with E-state index in [1.54, 1.807) is 6.20 Å². The maximum absolute atomic E-state index is 14.8. The van der Waals surface area contributed by atoms with Crippen molar-refractivity contribution in [2.24, 2.45) is 17.4 Å². The minimum Gasteiger partial charge on any atom is -0.365 e. The second-order valence-corrected chi connectivity index (χ2v) is 8.02. The molecule has 1 saturated carbocycles. The number of aryl methyl sites for hydroxylation is 1. The molecule has 0 radical (unpaired) electrons. The van der Waals surface area contributed by atoms with Gasteiger partial charge in [0.25, 0.3) is 5.91 Å². The fraction of sp³-hybridized carbons (Fsp3) is 0.409. The van der Waals surface area contributed by atoms with Crippen molar-refractivity contribution in [1.82, 2.24) is 14.8 Å². The van der Waals surface area contributed by atoms with Crippen LogP contribution in [0.1, 0.15) is 43.5 Å². The number of benzene rings is 1. The van der Waals surface area contributed by atoms with Crippen LogP contribution in [-0.4, -0.2) is 32.8 Å². The van der Waals surface area contributed by atoms with E-state index in [4.69, 9.17) is 11.5 Å². The fourth-order valence-corrected chi connectivity index (χ4v) is 3.87. The highest BCUT2D eigenvalue weighted by Crippen LogP contribution is 2.36. The van der Waals surface area contributed by atoms with Crippen LogP contribution >= 0.6 is 0 Å². The lowest BCUT2D eigenvalue weighted by Crippen LogP contribution is -2.42. The molecule has 164 valence electrons. The number of pyridine rings is 1. The van der Waals surface area contributed by atoms with Crippen LogP contribution < -0.4 is 22.1 Å². The van der Waals surface area contributed by atoms with Crippen LogP contribution in [-0.2, 0) is 6.54 Å². The lowest BCUT2D eigenvalue weighted by Gasteiger charge is -2.25. The number of primary amides is 1. The minimum absolute atomic E-state index is 0.0184. The first-order valence-electron chi connectivity index (χ1n) is 10.7. The predicted molar refractivity (Wildman–Crippen MR) is 120 cm³/mol. The third-order valence-corrected chi connectivity index (χ3v) is 5.81. The first-order chi connectivity index (χ1) is 14.9. The van der Waals surface area contributed by atoms with Crippen molar-refractivity contribution in [3.63, 3.8) is 0 Å². The second kappa shape index (κ2) is 8.50. The molecule has 9 heteroatoms. The van der Waals surface area contributed by atoms with E-state index in [2.05, 4.69) is 20.7 Å². The molecule has 2 atom stereocenters. The van der Waals surface area contributed by atoms with Gasteiger partial charge in [0.2, 0.25) is 0 Å². The summed E-state index contributed by atoms with van der Waals surface area (Å²) in [5, 5.41) is 11.6. The van der Waals surface area contributed by atoms with Gasteiger partial charge >= 0.3 is 0 Å². The van der Waals surface area contributed by atoms with Crippen molar-refractivity contribution < 1.29 is 9.18 Å². The van der Waals surface area contributed by atoms with Gasteiger partial charge in [-0.15, -0.1) is 0 Å². The quantitative estimate of drug-likeness (QED) is 0.417. The molecular formula is C22H28FN7O. The molecule has 2 aromatic heterocycles. The van der Waals surface area contributed by atoms with Gasteiger partial charge < -0.3 is 22.1 Å². The summed E-state index contributed by atoms with van der Waals surface area (Å²) in [6.07, 6.45) is 4.66. The molecular weight excluding hydrogens is 397 g/mol. The lowest BCUT2D eigenvalue weighted by molar-refractivity contribution is 0.100. The topological polar surface area (TPSA) is 124 Å². The highest BCUT2D eigenvalue weighted by atomic mass is 19.1. The molecule has 1 aliphatic carbocycles. The first kappa shape index (κ1) is 21.0. The number of nitrogens with one attached hydrogen (secondary N) is 2. The number of amides is 1. The summed E-state index contributed by atoms with van der Waals surface area (Å²) in [5.74, 6) is -0.732. The summed E-state index contributed by atoms with van der Waals surface area (Å²) in [7, 11) is 0. The maximum atomic E-state index is 14.8. The maximum Gasteiger partial charge on any atom is 0.252 e. The summed E-state index contributed by atoms with van der Waals surface area (Å²) in [6.45, 7) is 4.79. The van der Waals surface area contributed by atoms with E-state index in [9.17, 15) is 9.18 Å². The lowest BCUT2D eigenvalue weighted by atomic mass is 10.0. The molecule has 1 aromatic carbocycles. The van der Waals surface area contributed by atoms with Crippen molar-refractivity contribution in [1.29, 1.82) is 0 Å². The number of fused-ring (bicyclic) bond motifs is 1. The van der Waals surface area contributed by atoms with Crippen LogP contribution in [0.15, 0.2) is 30.5 Å². The van der Waals surface area contributed by atoms with E-state index in [-0.39, 0.29) is 29.3 Å². The van der Waals surface area contributed by atoms with Gasteiger partial charge in [0, 0.05) is 29.7 Å². The first-order valence-corrected chi connectivity index (χ1v) is 10.7. The highest BCUT2D eigenvalue weighted by molar-refractivity contribution is 5.99. The minimum atomic E-state index is -0.760. The molecule has 0 spiro atoms. The van der Waals surface area contributed by atoms with Gasteiger partial charge in [0.1, 0.15) is 5.82 Å². The molecule has 0 aliphatic heterocycles. The van der Waals surface area contributed by atoms with Gasteiger partial charge in [0.05, 0.1) is 17.3 Å². The number of rotatable bonds is 9. The van der Waals surface area contributed by atoms with Crippen LogP contribution in [0, 0.1) is 11.7 Å². The van der Waals surface area contributed by atoms with Crippen molar-refractivity contribution in [2.75, 3.05) is 10.6 Å². The van der Waals surface area contributed by atoms with Gasteiger partial charge in [-0.3, -0.25) is 9.48 Å². The van der Waals surface area contributed by atoms with Gasteiger partial charge in [-0.25, -0.2) is 9.37 Å². The standard InChI is InChI=1S/C22H28FN7O/c1-3-17(24)19(12-5-6-12)28-22-16(23)10-15(20(25)31)21(29-22)27-14-7-8-18-13(9-14)11-26-30(18)4-2/h7-12,17,19H,3-6,24H2,1-2H3,(H2,25,31)(H2,27,28,29)/t17-,19+/m0/s1. The number of carbonyl (C=O) groups excluding carboxylic acids is 1. The van der Waals surface area contributed by atoms with Crippen molar-refractivity contribution in [3.8, 4) is 0 Å². The zero-order chi connectivity index (χ0) is 22.1. The van der Waals surface area contributed by atoms with Crippen LogP contribution in [0.2, 0.25) is 0 Å². The smallest absolute Gasteiger partial charge is 0.252 e. The number of halogens is 1. The molecule has 4 rings (SSSR count). The van der Waals surface area contributed by atoms with Crippen molar-refractivity contribution in [2.45, 2.75) is 51.7 Å². The molecule has 0 saturated heterocycles. The number of hydrogen-bond donors (Lipinski definition) is 4.